The molecule has 2 aliphatic rings. The summed E-state index contributed by atoms with van der Waals surface area (Å²) in [6.07, 6.45) is -2.23. The molecular weight excluding hydrogens is 479 g/mol. The fourth-order valence-electron chi connectivity index (χ4n) is 4.91. The summed E-state index contributed by atoms with van der Waals surface area (Å²) in [6.45, 7) is 6.92. The average Bonchev–Trinajstić information content (AvgIpc) is 2.92. The monoisotopic (exact) mass is 511 g/mol. The van der Waals surface area contributed by atoms with Gasteiger partial charge in [0.05, 0.1) is 36.7 Å². The molecule has 2 saturated heterocycles. The van der Waals surface area contributed by atoms with E-state index >= 15 is 0 Å². The zero-order valence-electron chi connectivity index (χ0n) is 21.0. The first-order valence-electron chi connectivity index (χ1n) is 12.8. The first kappa shape index (κ1) is 25.3. The van der Waals surface area contributed by atoms with Gasteiger partial charge in [0, 0.05) is 37.4 Å². The second kappa shape index (κ2) is 11.0. The number of morpholine rings is 1. The molecule has 196 valence electrons. The molecule has 0 saturated carbocycles. The molecule has 0 unspecified atom stereocenters. The Bertz CT molecular complexity index is 1200. The van der Waals surface area contributed by atoms with E-state index in [1.165, 1.54) is 6.07 Å². The number of nitrogens with zero attached hydrogens (tertiary/aromatic N) is 4. The summed E-state index contributed by atoms with van der Waals surface area (Å²) >= 11 is 0. The number of ether oxygens (including phenoxy) is 1. The molecule has 2 aliphatic heterocycles. The Kier molecular flexibility index (Phi) is 7.50. The normalized spacial score (nSPS) is 17.2. The van der Waals surface area contributed by atoms with E-state index in [4.69, 9.17) is 9.72 Å². The van der Waals surface area contributed by atoms with Crippen molar-refractivity contribution in [2.24, 2.45) is 5.92 Å². The van der Waals surface area contributed by atoms with Crippen LogP contribution in [-0.4, -0.2) is 49.4 Å². The first-order chi connectivity index (χ1) is 17.9. The van der Waals surface area contributed by atoms with Crippen molar-refractivity contribution in [1.29, 1.82) is 0 Å². The Labute approximate surface area is 215 Å². The van der Waals surface area contributed by atoms with Crippen LogP contribution in [0, 0.1) is 5.92 Å². The number of rotatable bonds is 6. The Morgan fingerprint density at radius 1 is 0.892 bits per heavy atom. The number of hydrogen-bond donors (Lipinski definition) is 1. The number of benzene rings is 1. The van der Waals surface area contributed by atoms with Crippen LogP contribution in [0.4, 0.5) is 30.5 Å². The fraction of sp³-hybridized carbons (Fsp3) is 0.429. The van der Waals surface area contributed by atoms with Gasteiger partial charge in [-0.2, -0.15) is 13.2 Å². The molecule has 37 heavy (non-hydrogen) atoms. The maximum absolute atomic E-state index is 14.0. The summed E-state index contributed by atoms with van der Waals surface area (Å²) in [4.78, 5) is 13.6. The van der Waals surface area contributed by atoms with Crippen molar-refractivity contribution in [3.05, 3.63) is 65.9 Å². The van der Waals surface area contributed by atoms with E-state index < -0.39 is 11.7 Å². The van der Waals surface area contributed by atoms with Crippen LogP contribution in [0.5, 0.6) is 0 Å². The molecule has 6 nitrogen and oxygen atoms in total. The summed E-state index contributed by atoms with van der Waals surface area (Å²) in [6, 6.07) is 15.5. The van der Waals surface area contributed by atoms with Crippen LogP contribution >= 0.6 is 0 Å². The third-order valence-corrected chi connectivity index (χ3v) is 7.06. The molecule has 0 atom stereocenters. The predicted octanol–water partition coefficient (Wildman–Crippen LogP) is 5.85. The minimum Gasteiger partial charge on any atom is -0.378 e. The fourth-order valence-corrected chi connectivity index (χ4v) is 4.91. The van der Waals surface area contributed by atoms with Gasteiger partial charge in [-0.25, -0.2) is 9.97 Å². The van der Waals surface area contributed by atoms with Gasteiger partial charge in [0.1, 0.15) is 11.6 Å². The maximum Gasteiger partial charge on any atom is 0.418 e. The molecule has 0 aliphatic carbocycles. The number of para-hydroxylation sites is 1. The van der Waals surface area contributed by atoms with Crippen LogP contribution in [0.2, 0.25) is 0 Å². The Morgan fingerprint density at radius 2 is 1.65 bits per heavy atom. The molecule has 1 N–H and O–H groups in total. The molecule has 0 radical (unpaired) electrons. The Hall–Kier alpha value is -3.33. The van der Waals surface area contributed by atoms with Gasteiger partial charge in [0.2, 0.25) is 0 Å². The van der Waals surface area contributed by atoms with Crippen molar-refractivity contribution >= 4 is 17.3 Å². The quantitative estimate of drug-likeness (QED) is 0.448. The lowest BCUT2D eigenvalue weighted by molar-refractivity contribution is -0.137. The molecule has 2 fully saturated rings. The summed E-state index contributed by atoms with van der Waals surface area (Å²) in [5.74, 6) is 2.04. The minimum atomic E-state index is -4.53. The molecule has 1 aromatic carbocycles. The zero-order chi connectivity index (χ0) is 25.8. The third-order valence-electron chi connectivity index (χ3n) is 7.06. The molecule has 9 heteroatoms. The van der Waals surface area contributed by atoms with Crippen molar-refractivity contribution in [1.82, 2.24) is 9.97 Å². The standard InChI is InChI=1S/C28H32F3N5O/c1-20-11-13-36(14-12-20)26-8-4-5-21(33-26)19-32-25-10-9-23(28(29,30)31)27(34-25)22-6-2-3-7-24(22)35-15-17-37-18-16-35/h2-10,20H,11-19H2,1H3,(H,32,34). The first-order valence-corrected chi connectivity index (χ1v) is 12.8. The van der Waals surface area contributed by atoms with E-state index in [-0.39, 0.29) is 5.69 Å². The van der Waals surface area contributed by atoms with Gasteiger partial charge < -0.3 is 19.9 Å². The van der Waals surface area contributed by atoms with Crippen molar-refractivity contribution in [3.63, 3.8) is 0 Å². The van der Waals surface area contributed by atoms with E-state index in [1.807, 2.05) is 30.3 Å². The van der Waals surface area contributed by atoms with Crippen molar-refractivity contribution in [2.75, 3.05) is 54.5 Å². The molecular formula is C28H32F3N5O. The lowest BCUT2D eigenvalue weighted by Gasteiger charge is -2.31. The number of piperidine rings is 1. The number of pyridine rings is 2. The molecule has 3 aromatic rings. The summed E-state index contributed by atoms with van der Waals surface area (Å²) in [5, 5.41) is 3.19. The lowest BCUT2D eigenvalue weighted by Crippen LogP contribution is -2.36. The van der Waals surface area contributed by atoms with Crippen LogP contribution in [0.15, 0.2) is 54.6 Å². The zero-order valence-corrected chi connectivity index (χ0v) is 21.0. The number of halogens is 3. The Balaban J connectivity index is 1.40. The maximum atomic E-state index is 14.0. The highest BCUT2D eigenvalue weighted by atomic mass is 19.4. The van der Waals surface area contributed by atoms with Gasteiger partial charge in [-0.1, -0.05) is 31.2 Å². The second-order valence-electron chi connectivity index (χ2n) is 9.72. The molecule has 0 bridgehead atoms. The highest BCUT2D eigenvalue weighted by Gasteiger charge is 2.35. The van der Waals surface area contributed by atoms with E-state index in [9.17, 15) is 13.2 Å². The van der Waals surface area contributed by atoms with Crippen molar-refractivity contribution in [2.45, 2.75) is 32.5 Å². The van der Waals surface area contributed by atoms with E-state index in [1.54, 1.807) is 12.1 Å². The van der Waals surface area contributed by atoms with E-state index in [0.29, 0.717) is 44.2 Å². The van der Waals surface area contributed by atoms with Crippen LogP contribution in [0.25, 0.3) is 11.3 Å². The predicted molar refractivity (Wildman–Crippen MR) is 140 cm³/mol. The van der Waals surface area contributed by atoms with Gasteiger partial charge in [0.25, 0.3) is 0 Å². The minimum absolute atomic E-state index is 0.0799. The van der Waals surface area contributed by atoms with E-state index in [0.717, 1.165) is 55.1 Å². The molecule has 4 heterocycles. The number of nitrogens with one attached hydrogen (secondary N) is 1. The molecule has 0 amide bonds. The number of aromatic nitrogens is 2. The van der Waals surface area contributed by atoms with Crippen LogP contribution < -0.4 is 15.1 Å². The highest BCUT2D eigenvalue weighted by molar-refractivity contribution is 5.79. The number of hydrogen-bond acceptors (Lipinski definition) is 6. The van der Waals surface area contributed by atoms with Gasteiger partial charge in [0.15, 0.2) is 0 Å². The van der Waals surface area contributed by atoms with Crippen LogP contribution in [0.1, 0.15) is 31.0 Å². The average molecular weight is 512 g/mol. The summed E-state index contributed by atoms with van der Waals surface area (Å²) in [7, 11) is 0. The summed E-state index contributed by atoms with van der Waals surface area (Å²) < 4.78 is 47.5. The van der Waals surface area contributed by atoms with Gasteiger partial charge in [-0.15, -0.1) is 0 Å². The van der Waals surface area contributed by atoms with Crippen molar-refractivity contribution in [3.8, 4) is 11.3 Å². The number of anilines is 3. The lowest BCUT2D eigenvalue weighted by atomic mass is 9.99. The second-order valence-corrected chi connectivity index (χ2v) is 9.72. The van der Waals surface area contributed by atoms with Gasteiger partial charge in [-0.3, -0.25) is 0 Å². The third kappa shape index (κ3) is 5.98. The molecule has 0 spiro atoms. The van der Waals surface area contributed by atoms with Gasteiger partial charge in [-0.05, 0) is 49.1 Å². The largest absolute Gasteiger partial charge is 0.418 e. The number of alkyl halides is 3. The topological polar surface area (TPSA) is 53.5 Å². The van der Waals surface area contributed by atoms with Gasteiger partial charge >= 0.3 is 6.18 Å². The summed E-state index contributed by atoms with van der Waals surface area (Å²) in [5.41, 5.74) is 1.17. The smallest absolute Gasteiger partial charge is 0.378 e. The molecule has 2 aromatic heterocycles. The Morgan fingerprint density at radius 3 is 2.41 bits per heavy atom. The molecule has 5 rings (SSSR count). The van der Waals surface area contributed by atoms with Crippen molar-refractivity contribution < 1.29 is 17.9 Å². The SMILES string of the molecule is CC1CCN(c2cccc(CNc3ccc(C(F)(F)F)c(-c4ccccc4N4CCOCC4)n3)n2)CC1. The van der Waals surface area contributed by atoms with Crippen LogP contribution in [-0.2, 0) is 17.5 Å². The highest BCUT2D eigenvalue weighted by Crippen LogP contribution is 2.40. The van der Waals surface area contributed by atoms with Crippen LogP contribution in [0.3, 0.4) is 0 Å². The van der Waals surface area contributed by atoms with E-state index in [2.05, 4.69) is 27.0 Å².